The molecule has 0 atom stereocenters. The number of benzene rings is 8. The van der Waals surface area contributed by atoms with Crippen molar-refractivity contribution in [2.24, 2.45) is 0 Å². The Morgan fingerprint density at radius 3 is 1.64 bits per heavy atom. The molecule has 0 saturated carbocycles. The summed E-state index contributed by atoms with van der Waals surface area (Å²) in [7, 11) is 0. The zero-order chi connectivity index (χ0) is 36.6. The van der Waals surface area contributed by atoms with Crippen LogP contribution in [-0.2, 0) is 0 Å². The minimum absolute atomic E-state index is 0.562. The summed E-state index contributed by atoms with van der Waals surface area (Å²) in [4.78, 5) is 7.79. The third-order valence-corrected chi connectivity index (χ3v) is 11.1. The largest absolute Gasteiger partial charge is 0.318 e. The smallest absolute Gasteiger partial charge is 0.211 e. The molecule has 11 aromatic rings. The molecular formula is C50H29N5. The van der Waals surface area contributed by atoms with E-state index >= 15 is 0 Å². The molecule has 0 unspecified atom stereocenters. The first-order valence-electron chi connectivity index (χ1n) is 18.3. The minimum Gasteiger partial charge on any atom is -0.318 e. The average molecular weight is 700 g/mol. The van der Waals surface area contributed by atoms with Crippen LogP contribution in [0.1, 0.15) is 0 Å². The van der Waals surface area contributed by atoms with Crippen LogP contribution in [-0.4, -0.2) is 13.7 Å². The summed E-state index contributed by atoms with van der Waals surface area (Å²) in [5.74, 6) is 0. The van der Waals surface area contributed by atoms with Gasteiger partial charge >= 0.3 is 0 Å². The highest BCUT2D eigenvalue weighted by atomic mass is 15.0. The summed E-state index contributed by atoms with van der Waals surface area (Å²) in [5.41, 5.74) is 12.7. The van der Waals surface area contributed by atoms with Crippen molar-refractivity contribution >= 4 is 76.8 Å². The zero-order valence-electron chi connectivity index (χ0n) is 29.5. The van der Waals surface area contributed by atoms with Gasteiger partial charge in [0, 0.05) is 32.6 Å². The number of nitrogens with zero attached hydrogens (tertiary/aromatic N) is 5. The topological polar surface area (TPSA) is 23.5 Å². The fourth-order valence-corrected chi connectivity index (χ4v) is 8.82. The van der Waals surface area contributed by atoms with Crippen LogP contribution >= 0.6 is 0 Å². The standard InChI is InChI=1S/C50H29N5/c1-51-33-28-29-46-40(31-33)38-18-5-9-24-44(38)55(46)50-35(20-12-21-41(50)52-2)32-14-11-15-34(30-32)53-45-25-10-6-19-39(45)49-47(53)26-13-27-48(49)54-42-22-7-3-16-36(42)37-17-4-8-23-43(37)54/h3-31H. The third-order valence-electron chi connectivity index (χ3n) is 11.1. The van der Waals surface area contributed by atoms with Crippen LogP contribution in [0.15, 0.2) is 176 Å². The molecule has 0 N–H and O–H groups in total. The monoisotopic (exact) mass is 699 g/mol. The Hall–Kier alpha value is -7.86. The summed E-state index contributed by atoms with van der Waals surface area (Å²) < 4.78 is 6.98. The van der Waals surface area contributed by atoms with E-state index in [1.165, 1.54) is 32.6 Å². The molecule has 3 aromatic heterocycles. The molecule has 0 bridgehead atoms. The Labute approximate surface area is 316 Å². The molecule has 8 aromatic carbocycles. The van der Waals surface area contributed by atoms with Crippen LogP contribution in [0.4, 0.5) is 11.4 Å². The number of aromatic nitrogens is 3. The van der Waals surface area contributed by atoms with Crippen LogP contribution in [0.25, 0.3) is 103 Å². The molecule has 0 saturated heterocycles. The van der Waals surface area contributed by atoms with Crippen molar-refractivity contribution < 1.29 is 0 Å². The van der Waals surface area contributed by atoms with E-state index in [4.69, 9.17) is 13.1 Å². The molecule has 254 valence electrons. The summed E-state index contributed by atoms with van der Waals surface area (Å²) in [6, 6.07) is 61.4. The number of hydrogen-bond donors (Lipinski definition) is 0. The van der Waals surface area contributed by atoms with E-state index < -0.39 is 0 Å². The third kappa shape index (κ3) is 4.39. The molecule has 0 fully saturated rings. The lowest BCUT2D eigenvalue weighted by Crippen LogP contribution is -1.99. The molecule has 3 heterocycles. The minimum atomic E-state index is 0.562. The van der Waals surface area contributed by atoms with Gasteiger partial charge in [0.25, 0.3) is 0 Å². The fourth-order valence-electron chi connectivity index (χ4n) is 8.82. The molecule has 5 nitrogen and oxygen atoms in total. The van der Waals surface area contributed by atoms with Gasteiger partial charge in [0.2, 0.25) is 5.69 Å². The van der Waals surface area contributed by atoms with Gasteiger partial charge in [0.1, 0.15) is 0 Å². The van der Waals surface area contributed by atoms with E-state index in [1.807, 2.05) is 42.5 Å². The number of hydrogen-bond acceptors (Lipinski definition) is 0. The Morgan fingerprint density at radius 2 is 0.945 bits per heavy atom. The molecule has 0 aliphatic heterocycles. The first kappa shape index (κ1) is 30.7. The Morgan fingerprint density at radius 1 is 0.382 bits per heavy atom. The van der Waals surface area contributed by atoms with E-state index in [0.717, 1.165) is 61.0 Å². The van der Waals surface area contributed by atoms with Gasteiger partial charge < -0.3 is 13.7 Å². The maximum absolute atomic E-state index is 8.31. The Bertz CT molecular complexity index is 3420. The molecule has 0 amide bonds. The highest BCUT2D eigenvalue weighted by Gasteiger charge is 2.22. The van der Waals surface area contributed by atoms with Gasteiger partial charge in [-0.05, 0) is 77.2 Å². The normalized spacial score (nSPS) is 11.6. The first-order valence-corrected chi connectivity index (χ1v) is 18.3. The van der Waals surface area contributed by atoms with Gasteiger partial charge in [-0.2, -0.15) is 0 Å². The molecule has 0 aliphatic rings. The fraction of sp³-hybridized carbons (Fsp3) is 0. The van der Waals surface area contributed by atoms with Crippen molar-refractivity contribution in [3.63, 3.8) is 0 Å². The lowest BCUT2D eigenvalue weighted by Gasteiger charge is -2.17. The predicted octanol–water partition coefficient (Wildman–Crippen LogP) is 13.7. The second-order valence-corrected chi connectivity index (χ2v) is 13.9. The highest BCUT2D eigenvalue weighted by Crippen LogP contribution is 2.44. The van der Waals surface area contributed by atoms with Crippen LogP contribution in [0.5, 0.6) is 0 Å². The maximum Gasteiger partial charge on any atom is 0.211 e. The summed E-state index contributed by atoms with van der Waals surface area (Å²) in [5, 5.41) is 6.88. The molecule has 11 rings (SSSR count). The van der Waals surface area contributed by atoms with Crippen molar-refractivity contribution in [3.8, 4) is 28.2 Å². The molecule has 0 aliphatic carbocycles. The van der Waals surface area contributed by atoms with Gasteiger partial charge in [-0.25, -0.2) is 9.69 Å². The van der Waals surface area contributed by atoms with Crippen molar-refractivity contribution in [1.82, 2.24) is 13.7 Å². The van der Waals surface area contributed by atoms with Crippen molar-refractivity contribution in [2.75, 3.05) is 0 Å². The van der Waals surface area contributed by atoms with E-state index in [-0.39, 0.29) is 0 Å². The van der Waals surface area contributed by atoms with Crippen LogP contribution < -0.4 is 0 Å². The Kier molecular flexibility index (Phi) is 6.61. The van der Waals surface area contributed by atoms with E-state index in [2.05, 4.69) is 157 Å². The Balaban J connectivity index is 1.17. The van der Waals surface area contributed by atoms with Crippen molar-refractivity contribution in [3.05, 3.63) is 199 Å². The maximum atomic E-state index is 8.31. The van der Waals surface area contributed by atoms with Gasteiger partial charge in [-0.1, -0.05) is 115 Å². The second-order valence-electron chi connectivity index (χ2n) is 13.9. The van der Waals surface area contributed by atoms with Gasteiger partial charge in [-0.15, -0.1) is 0 Å². The summed E-state index contributed by atoms with van der Waals surface area (Å²) >= 11 is 0. The van der Waals surface area contributed by atoms with Crippen LogP contribution in [0.3, 0.4) is 0 Å². The molecule has 0 spiro atoms. The predicted molar refractivity (Wildman–Crippen MR) is 227 cm³/mol. The van der Waals surface area contributed by atoms with Crippen LogP contribution in [0, 0.1) is 13.1 Å². The average Bonchev–Trinajstić information content (AvgIpc) is 3.89. The summed E-state index contributed by atoms with van der Waals surface area (Å²) in [6.07, 6.45) is 0. The highest BCUT2D eigenvalue weighted by molar-refractivity contribution is 6.17. The van der Waals surface area contributed by atoms with E-state index in [1.54, 1.807) is 0 Å². The molecular weight excluding hydrogens is 671 g/mol. The molecule has 5 heteroatoms. The molecule has 55 heavy (non-hydrogen) atoms. The first-order chi connectivity index (χ1) is 27.2. The van der Waals surface area contributed by atoms with Crippen molar-refractivity contribution in [1.29, 1.82) is 0 Å². The summed E-state index contributed by atoms with van der Waals surface area (Å²) in [6.45, 7) is 16.0. The number of para-hydroxylation sites is 5. The van der Waals surface area contributed by atoms with Gasteiger partial charge in [0.15, 0.2) is 5.69 Å². The van der Waals surface area contributed by atoms with E-state index in [0.29, 0.717) is 11.4 Å². The lowest BCUT2D eigenvalue weighted by molar-refractivity contribution is 1.17. The van der Waals surface area contributed by atoms with Crippen LogP contribution in [0.2, 0.25) is 0 Å². The second kappa shape index (κ2) is 11.8. The lowest BCUT2D eigenvalue weighted by atomic mass is 10.0. The van der Waals surface area contributed by atoms with Gasteiger partial charge in [0.05, 0.1) is 57.6 Å². The van der Waals surface area contributed by atoms with E-state index in [9.17, 15) is 0 Å². The zero-order valence-corrected chi connectivity index (χ0v) is 29.5. The van der Waals surface area contributed by atoms with Crippen molar-refractivity contribution in [2.45, 2.75) is 0 Å². The SMILES string of the molecule is [C-]#[N+]c1ccc2c(c1)c1ccccc1n2-c1c([N+]#[C-])cccc1-c1cccc(-n2c3ccccc3c3c(-n4c5ccccc5c5ccccc54)cccc32)c1. The molecule has 0 radical (unpaired) electrons. The quantitative estimate of drug-likeness (QED) is 0.163. The number of rotatable bonds is 4. The number of fused-ring (bicyclic) bond motifs is 9. The van der Waals surface area contributed by atoms with Gasteiger partial charge in [-0.3, -0.25) is 0 Å².